The number of hydrogen-bond acceptors (Lipinski definition) is 1. The van der Waals surface area contributed by atoms with Crippen LogP contribution in [0.3, 0.4) is 0 Å². The molecule has 0 aliphatic carbocycles. The Morgan fingerprint density at radius 2 is 1.42 bits per heavy atom. The fraction of sp³-hybridized carbons (Fsp3) is 1.00. The number of nitrogens with zero attached hydrogens (tertiary/aromatic N) is 1. The molecule has 0 N–H and O–H groups in total. The molecule has 0 saturated carbocycles. The first kappa shape index (κ1) is 12.4. The summed E-state index contributed by atoms with van der Waals surface area (Å²) in [4.78, 5) is 0. The fourth-order valence-electron chi connectivity index (χ4n) is 2.01. The topological polar surface area (TPSA) is 3.24 Å². The Hall–Kier alpha value is 0.394. The summed E-state index contributed by atoms with van der Waals surface area (Å²) in [6, 6.07) is 2.88. The zero-order valence-electron chi connectivity index (χ0n) is 9.65. The summed E-state index contributed by atoms with van der Waals surface area (Å²) < 4.78 is 2.87. The van der Waals surface area contributed by atoms with Crippen molar-refractivity contribution in [3.05, 3.63) is 0 Å². The Bertz CT molecular complexity index is 116. The summed E-state index contributed by atoms with van der Waals surface area (Å²) >= 11 is 0. The molecule has 0 rings (SSSR count). The largest absolute Gasteiger partial charge is 0.348 e. The van der Waals surface area contributed by atoms with Crippen LogP contribution in [0.1, 0.15) is 20.8 Å². The van der Waals surface area contributed by atoms with Crippen LogP contribution in [0.4, 0.5) is 0 Å². The van der Waals surface area contributed by atoms with Gasteiger partial charge in [0, 0.05) is 0 Å². The molecule has 0 spiro atoms. The maximum absolute atomic E-state index is 2.87. The highest BCUT2D eigenvalue weighted by atomic mass is 28.4. The van der Waals surface area contributed by atoms with Crippen molar-refractivity contribution in [1.29, 1.82) is 0 Å². The van der Waals surface area contributed by atoms with Gasteiger partial charge in [-0.3, -0.25) is 0 Å². The summed E-state index contributed by atoms with van der Waals surface area (Å²) in [6.45, 7) is 15.8. The second-order valence-corrected chi connectivity index (χ2v) is 13.4. The van der Waals surface area contributed by atoms with Crippen molar-refractivity contribution >= 4 is 17.2 Å². The van der Waals surface area contributed by atoms with E-state index in [0.717, 1.165) is 0 Å². The van der Waals surface area contributed by atoms with Crippen LogP contribution in [0, 0.1) is 0 Å². The monoisotopic (exact) mass is 203 g/mol. The van der Waals surface area contributed by atoms with Crippen molar-refractivity contribution in [1.82, 2.24) is 4.23 Å². The van der Waals surface area contributed by atoms with Gasteiger partial charge in [0.1, 0.15) is 17.2 Å². The van der Waals surface area contributed by atoms with E-state index in [-0.39, 0.29) is 0 Å². The maximum Gasteiger partial charge on any atom is 0.112 e. The lowest BCUT2D eigenvalue weighted by Crippen LogP contribution is -2.53. The third-order valence-electron chi connectivity index (χ3n) is 2.59. The zero-order valence-corrected chi connectivity index (χ0v) is 11.8. The second-order valence-electron chi connectivity index (χ2n) is 4.43. The third-order valence-corrected chi connectivity index (χ3v) is 11.2. The van der Waals surface area contributed by atoms with Crippen molar-refractivity contribution in [3.8, 4) is 0 Å². The van der Waals surface area contributed by atoms with E-state index in [1.807, 2.05) is 0 Å². The Labute approximate surface area is 80.9 Å². The van der Waals surface area contributed by atoms with Gasteiger partial charge >= 0.3 is 0 Å². The first-order valence-electron chi connectivity index (χ1n) is 5.24. The highest BCUT2D eigenvalue weighted by Crippen LogP contribution is 2.15. The molecule has 0 amide bonds. The standard InChI is InChI=1S/C9H25NSi2/c1-7-10(12(4,5)6)11(8-2)9-3/h11H,7-9H2,1-6H3. The zero-order chi connectivity index (χ0) is 9.78. The molecule has 1 nitrogen and oxygen atoms in total. The van der Waals surface area contributed by atoms with Gasteiger partial charge in [-0.2, -0.15) is 0 Å². The van der Waals surface area contributed by atoms with E-state index in [0.29, 0.717) is 0 Å². The average molecular weight is 203 g/mol. The SMILES string of the molecule is CCN([SiH](CC)CC)[Si](C)(C)C. The second kappa shape index (κ2) is 5.19. The minimum atomic E-state index is -0.997. The molecule has 0 aromatic carbocycles. The van der Waals surface area contributed by atoms with E-state index in [9.17, 15) is 0 Å². The van der Waals surface area contributed by atoms with Crippen LogP contribution >= 0.6 is 0 Å². The van der Waals surface area contributed by atoms with Crippen LogP contribution in [0.15, 0.2) is 0 Å². The number of hydrogen-bond donors (Lipinski definition) is 0. The molecular weight excluding hydrogens is 178 g/mol. The summed E-state index contributed by atoms with van der Waals surface area (Å²) in [5.41, 5.74) is 0. The van der Waals surface area contributed by atoms with E-state index >= 15 is 0 Å². The van der Waals surface area contributed by atoms with Gasteiger partial charge in [-0.1, -0.05) is 52.5 Å². The van der Waals surface area contributed by atoms with Crippen molar-refractivity contribution in [2.45, 2.75) is 52.5 Å². The summed E-state index contributed by atoms with van der Waals surface area (Å²) in [5.74, 6) is 0. The summed E-state index contributed by atoms with van der Waals surface area (Å²) in [7, 11) is -1.53. The van der Waals surface area contributed by atoms with Gasteiger partial charge < -0.3 is 4.23 Å². The molecule has 0 heterocycles. The van der Waals surface area contributed by atoms with Crippen molar-refractivity contribution < 1.29 is 0 Å². The molecule has 0 fully saturated rings. The van der Waals surface area contributed by atoms with Gasteiger partial charge in [0.15, 0.2) is 0 Å². The van der Waals surface area contributed by atoms with Crippen molar-refractivity contribution in [2.75, 3.05) is 6.54 Å². The van der Waals surface area contributed by atoms with Crippen LogP contribution in [0.5, 0.6) is 0 Å². The molecule has 3 heteroatoms. The van der Waals surface area contributed by atoms with Crippen LogP contribution in [-0.4, -0.2) is 28.0 Å². The third kappa shape index (κ3) is 3.41. The molecule has 0 unspecified atom stereocenters. The molecule has 12 heavy (non-hydrogen) atoms. The first-order chi connectivity index (χ1) is 5.47. The molecule has 0 aliphatic rings. The molecule has 0 aliphatic heterocycles. The van der Waals surface area contributed by atoms with Gasteiger partial charge in [0.05, 0.1) is 0 Å². The average Bonchev–Trinajstić information content (AvgIpc) is 1.97. The highest BCUT2D eigenvalue weighted by molar-refractivity contribution is 6.83. The van der Waals surface area contributed by atoms with Gasteiger partial charge in [0.25, 0.3) is 0 Å². The molecule has 0 aromatic heterocycles. The van der Waals surface area contributed by atoms with E-state index < -0.39 is 17.2 Å². The molecule has 0 bridgehead atoms. The van der Waals surface area contributed by atoms with E-state index in [2.05, 4.69) is 44.6 Å². The minimum Gasteiger partial charge on any atom is -0.348 e. The summed E-state index contributed by atoms with van der Waals surface area (Å²) in [6.07, 6.45) is 0. The molecule has 0 atom stereocenters. The van der Waals surface area contributed by atoms with Crippen molar-refractivity contribution in [2.24, 2.45) is 0 Å². The molecule has 0 saturated heterocycles. The van der Waals surface area contributed by atoms with Gasteiger partial charge in [0.2, 0.25) is 0 Å². The molecule has 74 valence electrons. The maximum atomic E-state index is 2.87. The van der Waals surface area contributed by atoms with Gasteiger partial charge in [-0.05, 0) is 6.54 Å². The highest BCUT2D eigenvalue weighted by Gasteiger charge is 2.27. The predicted octanol–water partition coefficient (Wildman–Crippen LogP) is 2.91. The van der Waals surface area contributed by atoms with Gasteiger partial charge in [-0.25, -0.2) is 0 Å². The van der Waals surface area contributed by atoms with Crippen LogP contribution < -0.4 is 0 Å². The van der Waals surface area contributed by atoms with Crippen molar-refractivity contribution in [3.63, 3.8) is 0 Å². The molecule has 0 radical (unpaired) electrons. The van der Waals surface area contributed by atoms with Crippen LogP contribution in [-0.2, 0) is 0 Å². The van der Waals surface area contributed by atoms with Crippen LogP contribution in [0.2, 0.25) is 31.7 Å². The number of rotatable bonds is 5. The van der Waals surface area contributed by atoms with Gasteiger partial charge in [-0.15, -0.1) is 0 Å². The molecule has 0 aromatic rings. The predicted molar refractivity (Wildman–Crippen MR) is 63.8 cm³/mol. The Kier molecular flexibility index (Phi) is 5.36. The lowest BCUT2D eigenvalue weighted by atomic mass is 10.8. The van der Waals surface area contributed by atoms with Crippen LogP contribution in [0.25, 0.3) is 0 Å². The Balaban J connectivity index is 4.31. The lowest BCUT2D eigenvalue weighted by molar-refractivity contribution is 0.656. The Morgan fingerprint density at radius 1 is 1.00 bits per heavy atom. The normalized spacial score (nSPS) is 13.0. The summed E-state index contributed by atoms with van der Waals surface area (Å²) in [5, 5.41) is 0. The van der Waals surface area contributed by atoms with E-state index in [1.165, 1.54) is 18.6 Å². The van der Waals surface area contributed by atoms with E-state index in [4.69, 9.17) is 0 Å². The fourth-order valence-corrected chi connectivity index (χ4v) is 10.4. The minimum absolute atomic E-state index is 0.537. The Morgan fingerprint density at radius 3 is 1.50 bits per heavy atom. The smallest absolute Gasteiger partial charge is 0.112 e. The lowest BCUT2D eigenvalue weighted by Gasteiger charge is -2.38. The quantitative estimate of drug-likeness (QED) is 0.621. The first-order valence-corrected chi connectivity index (χ1v) is 10.8. The molecular formula is C9H25NSi2. The van der Waals surface area contributed by atoms with E-state index in [1.54, 1.807) is 0 Å².